The number of carbonyl (C=O) groups is 2. The molecule has 0 radical (unpaired) electrons. The lowest BCUT2D eigenvalue weighted by Crippen LogP contribution is -2.41. The molecule has 0 aromatic heterocycles. The predicted octanol–water partition coefficient (Wildman–Crippen LogP) is 2.23. The van der Waals surface area contributed by atoms with Crippen LogP contribution in [0.15, 0.2) is 24.3 Å². The topological polar surface area (TPSA) is 70.2 Å². The van der Waals surface area contributed by atoms with Crippen LogP contribution < -0.4 is 16.0 Å². The Labute approximate surface area is 117 Å². The molecule has 0 fully saturated rings. The molecule has 0 saturated heterocycles. The fourth-order valence-electron chi connectivity index (χ4n) is 1.26. The van der Waals surface area contributed by atoms with Gasteiger partial charge in [-0.25, -0.2) is 4.79 Å². The standard InChI is InChI=1S/C13H18ClN3O2/c1-9(2)7-15-13(19)16-8-12(18)17-11-5-3-10(14)4-6-11/h3-6,9H,7-8H2,1-2H3,(H,17,18)(H2,15,16,19). The average molecular weight is 284 g/mol. The number of hydrogen-bond donors (Lipinski definition) is 3. The van der Waals surface area contributed by atoms with Crippen molar-refractivity contribution >= 4 is 29.2 Å². The highest BCUT2D eigenvalue weighted by Gasteiger charge is 2.05. The van der Waals surface area contributed by atoms with Gasteiger partial charge in [-0.1, -0.05) is 25.4 Å². The van der Waals surface area contributed by atoms with Crippen molar-refractivity contribution in [3.8, 4) is 0 Å². The van der Waals surface area contributed by atoms with E-state index in [4.69, 9.17) is 11.6 Å². The Hall–Kier alpha value is -1.75. The van der Waals surface area contributed by atoms with Gasteiger partial charge in [-0.2, -0.15) is 0 Å². The molecule has 5 nitrogen and oxygen atoms in total. The van der Waals surface area contributed by atoms with Crippen molar-refractivity contribution in [3.63, 3.8) is 0 Å². The van der Waals surface area contributed by atoms with E-state index in [9.17, 15) is 9.59 Å². The molecule has 1 rings (SSSR count). The van der Waals surface area contributed by atoms with Crippen molar-refractivity contribution < 1.29 is 9.59 Å². The number of anilines is 1. The van der Waals surface area contributed by atoms with Gasteiger partial charge in [0, 0.05) is 17.3 Å². The Morgan fingerprint density at radius 1 is 1.16 bits per heavy atom. The van der Waals surface area contributed by atoms with E-state index in [1.165, 1.54) is 0 Å². The predicted molar refractivity (Wildman–Crippen MR) is 76.3 cm³/mol. The van der Waals surface area contributed by atoms with Gasteiger partial charge in [0.2, 0.25) is 5.91 Å². The summed E-state index contributed by atoms with van der Waals surface area (Å²) in [5.41, 5.74) is 0.638. The Kier molecular flexibility index (Phi) is 6.15. The second-order valence-corrected chi connectivity index (χ2v) is 4.95. The first-order chi connectivity index (χ1) is 8.97. The molecule has 0 spiro atoms. The maximum Gasteiger partial charge on any atom is 0.315 e. The van der Waals surface area contributed by atoms with E-state index in [0.717, 1.165) is 0 Å². The molecule has 0 unspecified atom stereocenters. The van der Waals surface area contributed by atoms with Gasteiger partial charge in [0.05, 0.1) is 6.54 Å². The third-order valence-electron chi connectivity index (χ3n) is 2.21. The van der Waals surface area contributed by atoms with Crippen LogP contribution in [0.25, 0.3) is 0 Å². The van der Waals surface area contributed by atoms with Crippen LogP contribution in [0.2, 0.25) is 5.02 Å². The summed E-state index contributed by atoms with van der Waals surface area (Å²) in [5, 5.41) is 8.39. The fourth-order valence-corrected chi connectivity index (χ4v) is 1.38. The van der Waals surface area contributed by atoms with E-state index in [2.05, 4.69) is 16.0 Å². The van der Waals surface area contributed by atoms with Crippen molar-refractivity contribution in [3.05, 3.63) is 29.3 Å². The summed E-state index contributed by atoms with van der Waals surface area (Å²) in [5.74, 6) is 0.0793. The molecule has 0 aliphatic rings. The summed E-state index contributed by atoms with van der Waals surface area (Å²) in [6.45, 7) is 4.48. The summed E-state index contributed by atoms with van der Waals surface area (Å²) >= 11 is 5.73. The highest BCUT2D eigenvalue weighted by atomic mass is 35.5. The van der Waals surface area contributed by atoms with Gasteiger partial charge in [0.25, 0.3) is 0 Å². The maximum atomic E-state index is 11.6. The Morgan fingerprint density at radius 3 is 2.37 bits per heavy atom. The molecule has 104 valence electrons. The van der Waals surface area contributed by atoms with Crippen molar-refractivity contribution in [2.45, 2.75) is 13.8 Å². The zero-order valence-electron chi connectivity index (χ0n) is 11.0. The van der Waals surface area contributed by atoms with E-state index >= 15 is 0 Å². The minimum atomic E-state index is -0.347. The first-order valence-electron chi connectivity index (χ1n) is 6.04. The van der Waals surface area contributed by atoms with Crippen LogP contribution in [-0.2, 0) is 4.79 Å². The normalized spacial score (nSPS) is 10.1. The molecule has 3 amide bonds. The molecule has 0 saturated carbocycles. The van der Waals surface area contributed by atoms with E-state index in [1.54, 1.807) is 24.3 Å². The van der Waals surface area contributed by atoms with E-state index in [-0.39, 0.29) is 18.5 Å². The van der Waals surface area contributed by atoms with Crippen LogP contribution in [0.5, 0.6) is 0 Å². The monoisotopic (exact) mass is 283 g/mol. The Balaban J connectivity index is 2.28. The van der Waals surface area contributed by atoms with Crippen molar-refractivity contribution in [2.24, 2.45) is 5.92 Å². The third kappa shape index (κ3) is 6.67. The first kappa shape index (κ1) is 15.3. The average Bonchev–Trinajstić information content (AvgIpc) is 2.36. The van der Waals surface area contributed by atoms with Gasteiger partial charge >= 0.3 is 6.03 Å². The molecule has 1 aromatic carbocycles. The quantitative estimate of drug-likeness (QED) is 0.775. The van der Waals surface area contributed by atoms with Gasteiger partial charge in [-0.3, -0.25) is 4.79 Å². The molecule has 6 heteroatoms. The van der Waals surface area contributed by atoms with Crippen LogP contribution in [0.3, 0.4) is 0 Å². The zero-order chi connectivity index (χ0) is 14.3. The second kappa shape index (κ2) is 7.63. The van der Waals surface area contributed by atoms with E-state index < -0.39 is 0 Å². The smallest absolute Gasteiger partial charge is 0.315 e. The van der Waals surface area contributed by atoms with Crippen LogP contribution in [0.1, 0.15) is 13.8 Å². The van der Waals surface area contributed by atoms with Gasteiger partial charge in [-0.15, -0.1) is 0 Å². The van der Waals surface area contributed by atoms with Crippen LogP contribution in [0.4, 0.5) is 10.5 Å². The lowest BCUT2D eigenvalue weighted by atomic mass is 10.2. The number of nitrogens with one attached hydrogen (secondary N) is 3. The van der Waals surface area contributed by atoms with Crippen molar-refractivity contribution in [1.29, 1.82) is 0 Å². The maximum absolute atomic E-state index is 11.6. The molecule has 0 atom stereocenters. The Morgan fingerprint density at radius 2 is 1.79 bits per heavy atom. The summed E-state index contributed by atoms with van der Waals surface area (Å²) in [7, 11) is 0. The third-order valence-corrected chi connectivity index (χ3v) is 2.46. The molecule has 3 N–H and O–H groups in total. The van der Waals surface area contributed by atoms with Gasteiger partial charge in [-0.05, 0) is 30.2 Å². The molecular formula is C13H18ClN3O2. The number of urea groups is 1. The van der Waals surface area contributed by atoms with Crippen molar-refractivity contribution in [2.75, 3.05) is 18.4 Å². The SMILES string of the molecule is CC(C)CNC(=O)NCC(=O)Nc1ccc(Cl)cc1. The highest BCUT2D eigenvalue weighted by Crippen LogP contribution is 2.12. The number of halogens is 1. The number of rotatable bonds is 5. The summed E-state index contributed by atoms with van der Waals surface area (Å²) in [4.78, 5) is 22.9. The highest BCUT2D eigenvalue weighted by molar-refractivity contribution is 6.30. The summed E-state index contributed by atoms with van der Waals surface area (Å²) in [6, 6.07) is 6.40. The van der Waals surface area contributed by atoms with E-state index in [1.807, 2.05) is 13.8 Å². The molecule has 0 bridgehead atoms. The lowest BCUT2D eigenvalue weighted by Gasteiger charge is -2.09. The number of hydrogen-bond acceptors (Lipinski definition) is 2. The van der Waals surface area contributed by atoms with Crippen LogP contribution >= 0.6 is 11.6 Å². The van der Waals surface area contributed by atoms with Crippen LogP contribution in [0, 0.1) is 5.92 Å². The van der Waals surface area contributed by atoms with Crippen molar-refractivity contribution in [1.82, 2.24) is 10.6 Å². The van der Waals surface area contributed by atoms with Gasteiger partial charge in [0.1, 0.15) is 0 Å². The summed E-state index contributed by atoms with van der Waals surface area (Å²) < 4.78 is 0. The minimum absolute atomic E-state index is 0.0768. The lowest BCUT2D eigenvalue weighted by molar-refractivity contribution is -0.115. The van der Waals surface area contributed by atoms with Gasteiger partial charge < -0.3 is 16.0 Å². The molecule has 0 aliphatic carbocycles. The van der Waals surface area contributed by atoms with E-state index in [0.29, 0.717) is 23.2 Å². The zero-order valence-corrected chi connectivity index (χ0v) is 11.8. The fraction of sp³-hybridized carbons (Fsp3) is 0.385. The minimum Gasteiger partial charge on any atom is -0.338 e. The number of benzene rings is 1. The summed E-state index contributed by atoms with van der Waals surface area (Å²) in [6.07, 6.45) is 0. The molecule has 19 heavy (non-hydrogen) atoms. The Bertz CT molecular complexity index is 432. The largest absolute Gasteiger partial charge is 0.338 e. The van der Waals surface area contributed by atoms with Crippen LogP contribution in [-0.4, -0.2) is 25.0 Å². The second-order valence-electron chi connectivity index (χ2n) is 4.51. The number of carbonyl (C=O) groups excluding carboxylic acids is 2. The molecule has 1 aromatic rings. The van der Waals surface area contributed by atoms with Gasteiger partial charge in [0.15, 0.2) is 0 Å². The molecular weight excluding hydrogens is 266 g/mol. The first-order valence-corrected chi connectivity index (χ1v) is 6.42. The number of amides is 3. The molecule has 0 heterocycles. The molecule has 0 aliphatic heterocycles.